The molecular weight excluding hydrogens is 479 g/mol. The van der Waals surface area contributed by atoms with Crippen LogP contribution in [0.4, 0.5) is 4.39 Å². The Labute approximate surface area is 184 Å². The van der Waals surface area contributed by atoms with Gasteiger partial charge in [0, 0.05) is 10.6 Å². The van der Waals surface area contributed by atoms with E-state index in [1.165, 1.54) is 38.1 Å². The number of hydrogen-bond donors (Lipinski definition) is 0. The van der Waals surface area contributed by atoms with E-state index >= 15 is 0 Å². The van der Waals surface area contributed by atoms with Crippen molar-refractivity contribution in [2.75, 3.05) is 20.8 Å². The molecule has 0 N–H and O–H groups in total. The van der Waals surface area contributed by atoms with Crippen LogP contribution in [0, 0.1) is 22.9 Å². The van der Waals surface area contributed by atoms with Gasteiger partial charge in [-0.15, -0.1) is 10.2 Å². The van der Waals surface area contributed by atoms with Crippen LogP contribution in [0.5, 0.6) is 11.5 Å². The first-order chi connectivity index (χ1) is 14.3. The zero-order chi connectivity index (χ0) is 21.8. The Balaban J connectivity index is 2.03. The van der Waals surface area contributed by atoms with Crippen LogP contribution in [-0.4, -0.2) is 40.5 Å². The number of halogens is 2. The summed E-state index contributed by atoms with van der Waals surface area (Å²) in [5, 5.41) is 19.5. The van der Waals surface area contributed by atoms with Crippen molar-refractivity contribution in [3.8, 4) is 17.2 Å². The number of nitro groups is 1. The Hall–Kier alpha value is -2.66. The van der Waals surface area contributed by atoms with Crippen LogP contribution in [0.25, 0.3) is 5.69 Å². The minimum absolute atomic E-state index is 0.345. The van der Waals surface area contributed by atoms with E-state index < -0.39 is 5.25 Å². The molecule has 0 fully saturated rings. The normalized spacial score (nSPS) is 11.9. The predicted octanol–water partition coefficient (Wildman–Crippen LogP) is 4.60. The van der Waals surface area contributed by atoms with Crippen LogP contribution >= 0.6 is 27.7 Å². The molecule has 8 nitrogen and oxygen atoms in total. The molecule has 1 heterocycles. The highest BCUT2D eigenvalue weighted by Crippen LogP contribution is 2.42. The molecule has 0 spiro atoms. The minimum Gasteiger partial charge on any atom is -0.493 e. The Morgan fingerprint density at radius 1 is 1.23 bits per heavy atom. The first-order valence-corrected chi connectivity index (χ1v) is 10.4. The average Bonchev–Trinajstić information content (AvgIpc) is 3.07. The fraction of sp³-hybridized carbons (Fsp3) is 0.263. The van der Waals surface area contributed by atoms with Gasteiger partial charge in [-0.2, -0.15) is 0 Å². The van der Waals surface area contributed by atoms with Crippen LogP contribution in [0.2, 0.25) is 0 Å². The molecule has 0 unspecified atom stereocenters. The number of rotatable bonds is 8. The molecule has 0 aliphatic rings. The smallest absolute Gasteiger partial charge is 0.220 e. The third kappa shape index (κ3) is 4.73. The fourth-order valence-corrected chi connectivity index (χ4v) is 4.68. The van der Waals surface area contributed by atoms with Crippen molar-refractivity contribution in [2.45, 2.75) is 17.3 Å². The zero-order valence-electron chi connectivity index (χ0n) is 16.3. The zero-order valence-corrected chi connectivity index (χ0v) is 18.7. The minimum atomic E-state index is -0.584. The number of thioether (sulfide) groups is 1. The van der Waals surface area contributed by atoms with Gasteiger partial charge >= 0.3 is 0 Å². The largest absolute Gasteiger partial charge is 0.493 e. The second-order valence-corrected chi connectivity index (χ2v) is 8.23. The summed E-state index contributed by atoms with van der Waals surface area (Å²) in [7, 11) is 3.01. The van der Waals surface area contributed by atoms with Gasteiger partial charge in [-0.3, -0.25) is 14.7 Å². The van der Waals surface area contributed by atoms with E-state index in [4.69, 9.17) is 9.47 Å². The summed E-state index contributed by atoms with van der Waals surface area (Å²) < 4.78 is 26.4. The van der Waals surface area contributed by atoms with Crippen LogP contribution in [0.1, 0.15) is 16.6 Å². The molecule has 1 atom stereocenters. The molecule has 0 amide bonds. The first-order valence-electron chi connectivity index (χ1n) is 8.71. The predicted molar refractivity (Wildman–Crippen MR) is 114 cm³/mol. The van der Waals surface area contributed by atoms with E-state index in [-0.39, 0.29) is 17.3 Å². The molecule has 0 saturated heterocycles. The molecule has 0 aliphatic carbocycles. The number of aromatic nitrogens is 3. The maximum absolute atomic E-state index is 13.3. The highest BCUT2D eigenvalue weighted by molar-refractivity contribution is 9.10. The summed E-state index contributed by atoms with van der Waals surface area (Å²) in [4.78, 5) is 11.0. The van der Waals surface area contributed by atoms with Gasteiger partial charge in [-0.1, -0.05) is 11.8 Å². The summed E-state index contributed by atoms with van der Waals surface area (Å²) in [5.41, 5.74) is 1.32. The van der Waals surface area contributed by atoms with Gasteiger partial charge in [0.25, 0.3) is 0 Å². The molecule has 11 heteroatoms. The summed E-state index contributed by atoms with van der Waals surface area (Å²) in [6.45, 7) is 1.41. The third-order valence-corrected chi connectivity index (χ3v) is 6.04. The Morgan fingerprint density at radius 3 is 2.53 bits per heavy atom. The standard InChI is InChI=1S/C19H18BrFN4O4S/c1-11-22-23-19(25(11)14-6-4-13(21)5-7-14)30-17(10-24(26)27)12-8-15(20)18(29-3)16(9-12)28-2/h4-9,17H,10H2,1-3H3/t17-/m1/s1. The van der Waals surface area contributed by atoms with Crippen LogP contribution in [0.15, 0.2) is 46.0 Å². The van der Waals surface area contributed by atoms with E-state index in [9.17, 15) is 14.5 Å². The fourth-order valence-electron chi connectivity index (χ4n) is 2.90. The van der Waals surface area contributed by atoms with Gasteiger partial charge in [0.2, 0.25) is 6.54 Å². The number of benzene rings is 2. The van der Waals surface area contributed by atoms with Gasteiger partial charge < -0.3 is 9.47 Å². The van der Waals surface area contributed by atoms with Gasteiger partial charge in [-0.25, -0.2) is 4.39 Å². The van der Waals surface area contributed by atoms with E-state index in [1.54, 1.807) is 35.8 Å². The van der Waals surface area contributed by atoms with Crippen LogP contribution in [0.3, 0.4) is 0 Å². The van der Waals surface area contributed by atoms with Crippen molar-refractivity contribution in [3.05, 3.63) is 68.2 Å². The van der Waals surface area contributed by atoms with Gasteiger partial charge in [0.15, 0.2) is 16.7 Å². The SMILES string of the molecule is COc1cc([C@@H](C[N+](=O)[O-])Sc2nnc(C)n2-c2ccc(F)cc2)cc(Br)c1OC. The highest BCUT2D eigenvalue weighted by Gasteiger charge is 2.26. The van der Waals surface area contributed by atoms with E-state index in [1.807, 2.05) is 0 Å². The molecule has 0 aliphatic heterocycles. The highest BCUT2D eigenvalue weighted by atomic mass is 79.9. The maximum Gasteiger partial charge on any atom is 0.220 e. The summed E-state index contributed by atoms with van der Waals surface area (Å²) in [6.07, 6.45) is 0. The Bertz CT molecular complexity index is 1060. The van der Waals surface area contributed by atoms with Crippen molar-refractivity contribution < 1.29 is 18.8 Å². The molecule has 0 radical (unpaired) electrons. The van der Waals surface area contributed by atoms with Crippen molar-refractivity contribution in [2.24, 2.45) is 0 Å². The molecule has 158 valence electrons. The van der Waals surface area contributed by atoms with Gasteiger partial charge in [0.05, 0.1) is 18.7 Å². The first kappa shape index (κ1) is 22.0. The number of ether oxygens (including phenoxy) is 2. The second-order valence-electron chi connectivity index (χ2n) is 6.20. The molecular formula is C19H18BrFN4O4S. The molecule has 3 aromatic rings. The van der Waals surface area contributed by atoms with Crippen molar-refractivity contribution >= 4 is 27.7 Å². The molecule has 0 saturated carbocycles. The summed E-state index contributed by atoms with van der Waals surface area (Å²) in [5.74, 6) is 1.17. The number of nitrogens with zero attached hydrogens (tertiary/aromatic N) is 4. The Kier molecular flexibility index (Phi) is 6.93. The average molecular weight is 497 g/mol. The van der Waals surface area contributed by atoms with Crippen molar-refractivity contribution in [1.29, 1.82) is 0 Å². The van der Waals surface area contributed by atoms with E-state index in [0.29, 0.717) is 38.2 Å². The lowest BCUT2D eigenvalue weighted by Crippen LogP contribution is -2.11. The number of methoxy groups -OCH3 is 2. The summed E-state index contributed by atoms with van der Waals surface area (Å²) in [6, 6.07) is 9.34. The van der Waals surface area contributed by atoms with Gasteiger partial charge in [-0.05, 0) is 64.8 Å². The topological polar surface area (TPSA) is 92.3 Å². The van der Waals surface area contributed by atoms with Gasteiger partial charge in [0.1, 0.15) is 16.9 Å². The lowest BCUT2D eigenvalue weighted by Gasteiger charge is -2.17. The quantitative estimate of drug-likeness (QED) is 0.255. The number of hydrogen-bond acceptors (Lipinski definition) is 7. The molecule has 3 rings (SSSR count). The number of aryl methyl sites for hydroxylation is 1. The molecule has 2 aromatic carbocycles. The lowest BCUT2D eigenvalue weighted by molar-refractivity contribution is -0.479. The lowest BCUT2D eigenvalue weighted by atomic mass is 10.1. The maximum atomic E-state index is 13.3. The molecule has 1 aromatic heterocycles. The summed E-state index contributed by atoms with van der Waals surface area (Å²) >= 11 is 4.62. The third-order valence-electron chi connectivity index (χ3n) is 4.27. The molecule has 0 bridgehead atoms. The van der Waals surface area contributed by atoms with Crippen LogP contribution < -0.4 is 9.47 Å². The van der Waals surface area contributed by atoms with Crippen molar-refractivity contribution in [3.63, 3.8) is 0 Å². The van der Waals surface area contributed by atoms with Crippen LogP contribution in [-0.2, 0) is 0 Å². The second kappa shape index (κ2) is 9.43. The molecule has 30 heavy (non-hydrogen) atoms. The Morgan fingerprint density at radius 2 is 1.93 bits per heavy atom. The monoisotopic (exact) mass is 496 g/mol. The van der Waals surface area contributed by atoms with E-state index in [0.717, 1.165) is 0 Å². The van der Waals surface area contributed by atoms with Crippen molar-refractivity contribution in [1.82, 2.24) is 14.8 Å². The van der Waals surface area contributed by atoms with E-state index in [2.05, 4.69) is 26.1 Å².